The maximum absolute atomic E-state index is 12.2. The summed E-state index contributed by atoms with van der Waals surface area (Å²) in [5.74, 6) is 0.573. The highest BCUT2D eigenvalue weighted by Gasteiger charge is 2.23. The average molecular weight is 333 g/mol. The first-order valence-corrected chi connectivity index (χ1v) is 9.43. The van der Waals surface area contributed by atoms with Gasteiger partial charge in [-0.2, -0.15) is 0 Å². The third kappa shape index (κ3) is 3.98. The summed E-state index contributed by atoms with van der Waals surface area (Å²) >= 11 is 0. The van der Waals surface area contributed by atoms with Gasteiger partial charge in [0.2, 0.25) is 0 Å². The average Bonchev–Trinajstić information content (AvgIpc) is 3.08. The molecule has 1 amide bonds. The minimum atomic E-state index is -2.85. The van der Waals surface area contributed by atoms with Crippen LogP contribution in [0.15, 0.2) is 43.0 Å². The lowest BCUT2D eigenvalue weighted by Crippen LogP contribution is -2.34. The van der Waals surface area contributed by atoms with E-state index in [4.69, 9.17) is 0 Å². The zero-order valence-electron chi connectivity index (χ0n) is 12.7. The molecule has 3 rings (SSSR count). The SMILES string of the molecule is O=C(NCC1CCS(=O)(=O)CC1)c1ccc(-n2ccnc2)cc1. The van der Waals surface area contributed by atoms with Gasteiger partial charge in [-0.3, -0.25) is 4.79 Å². The number of nitrogens with zero attached hydrogens (tertiary/aromatic N) is 2. The topological polar surface area (TPSA) is 81.1 Å². The van der Waals surface area contributed by atoms with E-state index in [0.29, 0.717) is 24.9 Å². The van der Waals surface area contributed by atoms with Crippen LogP contribution < -0.4 is 5.32 Å². The van der Waals surface area contributed by atoms with Crippen molar-refractivity contribution < 1.29 is 13.2 Å². The van der Waals surface area contributed by atoms with Gasteiger partial charge in [-0.15, -0.1) is 0 Å². The lowest BCUT2D eigenvalue weighted by atomic mass is 10.0. The summed E-state index contributed by atoms with van der Waals surface area (Å²) in [7, 11) is -2.85. The van der Waals surface area contributed by atoms with Crippen molar-refractivity contribution in [2.75, 3.05) is 18.1 Å². The van der Waals surface area contributed by atoms with Gasteiger partial charge >= 0.3 is 0 Å². The molecule has 1 aromatic heterocycles. The Morgan fingerprint density at radius 1 is 1.22 bits per heavy atom. The van der Waals surface area contributed by atoms with E-state index >= 15 is 0 Å². The molecule has 1 saturated heterocycles. The third-order valence-electron chi connectivity index (χ3n) is 4.16. The molecule has 1 aromatic carbocycles. The second-order valence-electron chi connectivity index (χ2n) is 5.82. The highest BCUT2D eigenvalue weighted by molar-refractivity contribution is 7.91. The number of nitrogens with one attached hydrogen (secondary N) is 1. The van der Waals surface area contributed by atoms with Gasteiger partial charge in [0.25, 0.3) is 5.91 Å². The van der Waals surface area contributed by atoms with Crippen LogP contribution in [0.1, 0.15) is 23.2 Å². The summed E-state index contributed by atoms with van der Waals surface area (Å²) in [5.41, 5.74) is 1.54. The van der Waals surface area contributed by atoms with E-state index in [0.717, 1.165) is 5.69 Å². The van der Waals surface area contributed by atoms with Crippen molar-refractivity contribution in [2.24, 2.45) is 5.92 Å². The highest BCUT2D eigenvalue weighted by atomic mass is 32.2. The van der Waals surface area contributed by atoms with Gasteiger partial charge in [-0.1, -0.05) is 0 Å². The molecular weight excluding hydrogens is 314 g/mol. The number of hydrogen-bond donors (Lipinski definition) is 1. The number of aromatic nitrogens is 2. The first kappa shape index (κ1) is 15.7. The quantitative estimate of drug-likeness (QED) is 0.918. The van der Waals surface area contributed by atoms with Crippen molar-refractivity contribution in [3.8, 4) is 5.69 Å². The van der Waals surface area contributed by atoms with E-state index < -0.39 is 9.84 Å². The molecule has 6 nitrogen and oxygen atoms in total. The maximum atomic E-state index is 12.2. The Morgan fingerprint density at radius 3 is 2.52 bits per heavy atom. The van der Waals surface area contributed by atoms with E-state index in [-0.39, 0.29) is 23.3 Å². The Kier molecular flexibility index (Phi) is 4.47. The standard InChI is InChI=1S/C16H19N3O3S/c20-16(18-11-13-5-9-23(21,22)10-6-13)14-1-3-15(4-2-14)19-8-7-17-12-19/h1-4,7-8,12-13H,5-6,9-11H2,(H,18,20). The van der Waals surface area contributed by atoms with Crippen molar-refractivity contribution in [3.05, 3.63) is 48.5 Å². The fourth-order valence-corrected chi connectivity index (χ4v) is 4.27. The zero-order valence-corrected chi connectivity index (χ0v) is 13.5. The molecule has 0 bridgehead atoms. The van der Waals surface area contributed by atoms with E-state index in [1.54, 1.807) is 24.7 Å². The number of amides is 1. The van der Waals surface area contributed by atoms with Crippen LogP contribution in [0.3, 0.4) is 0 Å². The summed E-state index contributed by atoms with van der Waals surface area (Å²) in [5, 5.41) is 2.90. The molecule has 1 aliphatic rings. The lowest BCUT2D eigenvalue weighted by Gasteiger charge is -2.22. The minimum Gasteiger partial charge on any atom is -0.352 e. The predicted molar refractivity (Wildman–Crippen MR) is 87.3 cm³/mol. The first-order valence-electron chi connectivity index (χ1n) is 7.60. The minimum absolute atomic E-state index is 0.129. The van der Waals surface area contributed by atoms with E-state index in [2.05, 4.69) is 10.3 Å². The number of carbonyl (C=O) groups is 1. The smallest absolute Gasteiger partial charge is 0.251 e. The molecule has 1 aliphatic heterocycles. The van der Waals surface area contributed by atoms with Crippen LogP contribution in [0.2, 0.25) is 0 Å². The van der Waals surface area contributed by atoms with Crippen LogP contribution in [0, 0.1) is 5.92 Å². The van der Waals surface area contributed by atoms with Gasteiger partial charge in [-0.25, -0.2) is 13.4 Å². The van der Waals surface area contributed by atoms with Crippen molar-refractivity contribution >= 4 is 15.7 Å². The molecule has 0 radical (unpaired) electrons. The molecule has 1 N–H and O–H groups in total. The summed E-state index contributed by atoms with van der Waals surface area (Å²) in [6, 6.07) is 7.28. The summed E-state index contributed by atoms with van der Waals surface area (Å²) in [6.45, 7) is 0.525. The van der Waals surface area contributed by atoms with Crippen LogP contribution in [0.5, 0.6) is 0 Å². The van der Waals surface area contributed by atoms with Crippen LogP contribution in [0.25, 0.3) is 5.69 Å². The molecule has 0 saturated carbocycles. The maximum Gasteiger partial charge on any atom is 0.251 e. The Balaban J connectivity index is 1.54. The van der Waals surface area contributed by atoms with Crippen LogP contribution in [-0.4, -0.2) is 41.9 Å². The molecule has 0 unspecified atom stereocenters. The zero-order chi connectivity index (χ0) is 16.3. The van der Waals surface area contributed by atoms with Crippen molar-refractivity contribution in [1.29, 1.82) is 0 Å². The molecule has 2 heterocycles. The van der Waals surface area contributed by atoms with Gasteiger partial charge in [0.1, 0.15) is 9.84 Å². The molecule has 0 spiro atoms. The van der Waals surface area contributed by atoms with Crippen molar-refractivity contribution in [3.63, 3.8) is 0 Å². The fourth-order valence-electron chi connectivity index (χ4n) is 2.68. The van der Waals surface area contributed by atoms with Gasteiger partial charge < -0.3 is 9.88 Å². The molecule has 23 heavy (non-hydrogen) atoms. The second-order valence-corrected chi connectivity index (χ2v) is 8.13. The Morgan fingerprint density at radius 2 is 1.91 bits per heavy atom. The Hall–Kier alpha value is -2.15. The first-order chi connectivity index (χ1) is 11.0. The predicted octanol–water partition coefficient (Wildman–Crippen LogP) is 1.43. The van der Waals surface area contributed by atoms with E-state index in [1.165, 1.54) is 0 Å². The summed E-state index contributed by atoms with van der Waals surface area (Å²) in [6.07, 6.45) is 6.49. The molecular formula is C16H19N3O3S. The van der Waals surface area contributed by atoms with Crippen molar-refractivity contribution in [1.82, 2.24) is 14.9 Å². The lowest BCUT2D eigenvalue weighted by molar-refractivity contribution is 0.0946. The van der Waals surface area contributed by atoms with Gasteiger partial charge in [0, 0.05) is 30.2 Å². The van der Waals surface area contributed by atoms with E-state index in [1.807, 2.05) is 22.9 Å². The third-order valence-corrected chi connectivity index (χ3v) is 5.87. The molecule has 1 fully saturated rings. The molecule has 2 aromatic rings. The van der Waals surface area contributed by atoms with Gasteiger partial charge in [0.15, 0.2) is 0 Å². The van der Waals surface area contributed by atoms with Gasteiger partial charge in [-0.05, 0) is 43.0 Å². The number of sulfone groups is 1. The van der Waals surface area contributed by atoms with Crippen LogP contribution in [-0.2, 0) is 9.84 Å². The monoisotopic (exact) mass is 333 g/mol. The normalized spacial score (nSPS) is 17.7. The van der Waals surface area contributed by atoms with Crippen molar-refractivity contribution in [2.45, 2.75) is 12.8 Å². The molecule has 7 heteroatoms. The number of imidazole rings is 1. The fraction of sp³-hybridized carbons (Fsp3) is 0.375. The van der Waals surface area contributed by atoms with Crippen LogP contribution >= 0.6 is 0 Å². The Bertz CT molecular complexity index is 753. The largest absolute Gasteiger partial charge is 0.352 e. The number of hydrogen-bond acceptors (Lipinski definition) is 4. The highest BCUT2D eigenvalue weighted by Crippen LogP contribution is 2.18. The molecule has 0 atom stereocenters. The number of benzene rings is 1. The summed E-state index contributed by atoms with van der Waals surface area (Å²) in [4.78, 5) is 16.2. The number of rotatable bonds is 4. The van der Waals surface area contributed by atoms with Crippen LogP contribution in [0.4, 0.5) is 0 Å². The summed E-state index contributed by atoms with van der Waals surface area (Å²) < 4.78 is 24.6. The Labute approximate surface area is 135 Å². The van der Waals surface area contributed by atoms with Gasteiger partial charge in [0.05, 0.1) is 17.8 Å². The number of carbonyl (C=O) groups excluding carboxylic acids is 1. The molecule has 0 aliphatic carbocycles. The van der Waals surface area contributed by atoms with E-state index in [9.17, 15) is 13.2 Å². The second kappa shape index (κ2) is 6.54. The molecule has 122 valence electrons.